The highest BCUT2D eigenvalue weighted by Gasteiger charge is 2.15. The molecule has 0 bridgehead atoms. The number of nitrogens with one attached hydrogen (secondary N) is 2. The Morgan fingerprint density at radius 2 is 2.22 bits per heavy atom. The lowest BCUT2D eigenvalue weighted by molar-refractivity contribution is 0.213. The van der Waals surface area contributed by atoms with Crippen molar-refractivity contribution in [1.29, 1.82) is 0 Å². The summed E-state index contributed by atoms with van der Waals surface area (Å²) in [6, 6.07) is 8.17. The molecule has 3 heterocycles. The minimum Gasteiger partial charge on any atom is -0.390 e. The van der Waals surface area contributed by atoms with Gasteiger partial charge in [0.2, 0.25) is 5.13 Å². The number of thioether (sulfide) groups is 1. The van der Waals surface area contributed by atoms with Gasteiger partial charge >= 0.3 is 0 Å². The van der Waals surface area contributed by atoms with Gasteiger partial charge in [0.05, 0.1) is 11.8 Å². The molecule has 10 heteroatoms. The highest BCUT2D eigenvalue weighted by atomic mass is 32.2. The molecule has 4 rings (SSSR count). The van der Waals surface area contributed by atoms with E-state index in [1.165, 1.54) is 34.4 Å². The van der Waals surface area contributed by atoms with Gasteiger partial charge in [0.1, 0.15) is 0 Å². The van der Waals surface area contributed by atoms with Crippen LogP contribution in [0.15, 0.2) is 46.4 Å². The van der Waals surface area contributed by atoms with E-state index < -0.39 is 6.10 Å². The summed E-state index contributed by atoms with van der Waals surface area (Å²) in [6.07, 6.45) is 3.23. The number of fused-ring (bicyclic) bond motifs is 1. The van der Waals surface area contributed by atoms with Crippen LogP contribution >= 0.6 is 34.4 Å². The molecule has 0 amide bonds. The zero-order chi connectivity index (χ0) is 18.6. The zero-order valence-corrected chi connectivity index (χ0v) is 16.9. The Morgan fingerprint density at radius 1 is 1.33 bits per heavy atom. The van der Waals surface area contributed by atoms with E-state index in [0.717, 1.165) is 31.2 Å². The number of thiazole rings is 1. The summed E-state index contributed by atoms with van der Waals surface area (Å²) in [6.45, 7) is 0.460. The number of hydrogen-bond donors (Lipinski definition) is 3. The highest BCUT2D eigenvalue weighted by molar-refractivity contribution is 8.01. The second-order valence-corrected chi connectivity index (χ2v) is 8.93. The van der Waals surface area contributed by atoms with Crippen LogP contribution in [0.3, 0.4) is 0 Å². The first-order chi connectivity index (χ1) is 13.2. The van der Waals surface area contributed by atoms with Crippen molar-refractivity contribution in [3.8, 4) is 0 Å². The summed E-state index contributed by atoms with van der Waals surface area (Å²) < 4.78 is 0.838. The first kappa shape index (κ1) is 18.2. The lowest BCUT2D eigenvalue weighted by Gasteiger charge is -2.13. The smallest absolute Gasteiger partial charge is 0.213 e. The van der Waals surface area contributed by atoms with Crippen molar-refractivity contribution in [2.24, 2.45) is 0 Å². The van der Waals surface area contributed by atoms with Crippen LogP contribution in [0, 0.1) is 0 Å². The third kappa shape index (κ3) is 4.24. The van der Waals surface area contributed by atoms with Crippen molar-refractivity contribution in [2.45, 2.75) is 10.4 Å². The maximum atomic E-state index is 10.1. The number of anilines is 3. The van der Waals surface area contributed by atoms with Gasteiger partial charge in [-0.2, -0.15) is 0 Å². The number of aromatic amines is 1. The first-order valence-corrected chi connectivity index (χ1v) is 11.0. The molecule has 0 spiro atoms. The van der Waals surface area contributed by atoms with Crippen molar-refractivity contribution in [1.82, 2.24) is 20.2 Å². The maximum absolute atomic E-state index is 10.1. The molecule has 0 aliphatic carbocycles. The standard InChI is InChI=1S/C17H18N6OS3/c1-23(14-9-19-13-5-3-2-4-12(13)14)16-21-22-17(27-16)26-10-11(24)8-20-15-18-6-7-25-15/h2-7,9,11,19,24H,8,10H2,1H3,(H,18,20). The molecule has 3 aromatic heterocycles. The molecule has 4 aromatic rings. The summed E-state index contributed by atoms with van der Waals surface area (Å²) in [5.41, 5.74) is 2.15. The van der Waals surface area contributed by atoms with Gasteiger partial charge in [-0.1, -0.05) is 41.3 Å². The number of H-pyrrole nitrogens is 1. The molecular weight excluding hydrogens is 400 g/mol. The van der Waals surface area contributed by atoms with Crippen LogP contribution < -0.4 is 10.2 Å². The topological polar surface area (TPSA) is 90.0 Å². The Balaban J connectivity index is 1.35. The zero-order valence-electron chi connectivity index (χ0n) is 14.5. The van der Waals surface area contributed by atoms with Gasteiger partial charge in [-0.3, -0.25) is 0 Å². The number of nitrogens with zero attached hydrogens (tertiary/aromatic N) is 4. The SMILES string of the molecule is CN(c1nnc(SCC(O)CNc2nccs2)s1)c1c[nH]c2ccccc12. The van der Waals surface area contributed by atoms with Crippen LogP contribution in [0.25, 0.3) is 10.9 Å². The van der Waals surface area contributed by atoms with Gasteiger partial charge in [-0.15, -0.1) is 21.5 Å². The average Bonchev–Trinajstić information content (AvgIpc) is 3.44. The minimum atomic E-state index is -0.488. The molecule has 1 unspecified atom stereocenters. The molecule has 0 aliphatic rings. The molecule has 0 fully saturated rings. The molecule has 140 valence electrons. The van der Waals surface area contributed by atoms with Crippen molar-refractivity contribution in [2.75, 3.05) is 29.6 Å². The van der Waals surface area contributed by atoms with E-state index in [2.05, 4.69) is 37.6 Å². The predicted octanol–water partition coefficient (Wildman–Crippen LogP) is 3.81. The van der Waals surface area contributed by atoms with Crippen LogP contribution in [0.2, 0.25) is 0 Å². The number of rotatable bonds is 8. The highest BCUT2D eigenvalue weighted by Crippen LogP contribution is 2.35. The number of benzene rings is 1. The monoisotopic (exact) mass is 418 g/mol. The first-order valence-electron chi connectivity index (χ1n) is 8.28. The fraction of sp³-hybridized carbons (Fsp3) is 0.235. The van der Waals surface area contributed by atoms with Gasteiger partial charge in [0.15, 0.2) is 9.47 Å². The van der Waals surface area contributed by atoms with E-state index in [-0.39, 0.29) is 0 Å². The molecule has 27 heavy (non-hydrogen) atoms. The molecule has 3 N–H and O–H groups in total. The molecule has 1 aromatic carbocycles. The van der Waals surface area contributed by atoms with Gasteiger partial charge in [0, 0.05) is 48.0 Å². The second kappa shape index (κ2) is 8.26. The van der Waals surface area contributed by atoms with Crippen LogP contribution in [-0.4, -0.2) is 50.7 Å². The Kier molecular flexibility index (Phi) is 5.58. The van der Waals surface area contributed by atoms with E-state index in [9.17, 15) is 5.11 Å². The van der Waals surface area contributed by atoms with Crippen LogP contribution in [-0.2, 0) is 0 Å². The third-order valence-electron chi connectivity index (χ3n) is 3.93. The Bertz CT molecular complexity index is 999. The van der Waals surface area contributed by atoms with E-state index in [0.29, 0.717) is 12.3 Å². The molecule has 0 saturated heterocycles. The summed E-state index contributed by atoms with van der Waals surface area (Å²) in [4.78, 5) is 9.44. The van der Waals surface area contributed by atoms with Crippen molar-refractivity contribution in [3.05, 3.63) is 42.0 Å². The summed E-state index contributed by atoms with van der Waals surface area (Å²) >= 11 is 4.54. The molecule has 1 atom stereocenters. The van der Waals surface area contributed by atoms with Crippen LogP contribution in [0.5, 0.6) is 0 Å². The molecule has 7 nitrogen and oxygen atoms in total. The van der Waals surface area contributed by atoms with E-state index in [4.69, 9.17) is 0 Å². The molecule has 0 aliphatic heterocycles. The number of aliphatic hydroxyl groups excluding tert-OH is 1. The maximum Gasteiger partial charge on any atom is 0.213 e. The van der Waals surface area contributed by atoms with Crippen LogP contribution in [0.1, 0.15) is 0 Å². The molecular formula is C17H18N6OS3. The van der Waals surface area contributed by atoms with E-state index >= 15 is 0 Å². The lowest BCUT2D eigenvalue weighted by atomic mass is 10.2. The van der Waals surface area contributed by atoms with E-state index in [1.54, 1.807) is 6.20 Å². The number of aliphatic hydroxyl groups is 1. The summed E-state index contributed by atoms with van der Waals surface area (Å²) in [5.74, 6) is 0.545. The van der Waals surface area contributed by atoms with Gasteiger partial charge < -0.3 is 20.3 Å². The Hall–Kier alpha value is -2.14. The third-order valence-corrected chi connectivity index (χ3v) is 6.94. The van der Waals surface area contributed by atoms with Gasteiger partial charge in [-0.05, 0) is 6.07 Å². The fourth-order valence-electron chi connectivity index (χ4n) is 2.58. The second-order valence-electron chi connectivity index (χ2n) is 5.81. The number of aromatic nitrogens is 4. The lowest BCUT2D eigenvalue weighted by Crippen LogP contribution is -2.21. The van der Waals surface area contributed by atoms with Gasteiger partial charge in [0.25, 0.3) is 0 Å². The minimum absolute atomic E-state index is 0.460. The predicted molar refractivity (Wildman–Crippen MR) is 114 cm³/mol. The fourth-order valence-corrected chi connectivity index (χ4v) is 4.88. The summed E-state index contributed by atoms with van der Waals surface area (Å²) in [7, 11) is 1.98. The van der Waals surface area contributed by atoms with Crippen molar-refractivity contribution < 1.29 is 5.11 Å². The molecule has 0 saturated carbocycles. The van der Waals surface area contributed by atoms with Gasteiger partial charge in [-0.25, -0.2) is 4.98 Å². The quantitative estimate of drug-likeness (QED) is 0.375. The Labute approximate surface area is 168 Å². The average molecular weight is 419 g/mol. The van der Waals surface area contributed by atoms with Crippen molar-refractivity contribution >= 4 is 61.3 Å². The van der Waals surface area contributed by atoms with E-state index in [1.807, 2.05) is 35.7 Å². The number of hydrogen-bond acceptors (Lipinski definition) is 9. The normalized spacial score (nSPS) is 12.4. The summed E-state index contributed by atoms with van der Waals surface area (Å²) in [5, 5.41) is 26.5. The van der Waals surface area contributed by atoms with Crippen LogP contribution in [0.4, 0.5) is 16.0 Å². The Morgan fingerprint density at radius 3 is 3.07 bits per heavy atom. The van der Waals surface area contributed by atoms with Crippen molar-refractivity contribution in [3.63, 3.8) is 0 Å². The molecule has 0 radical (unpaired) electrons. The largest absolute Gasteiger partial charge is 0.390 e. The number of para-hydroxylation sites is 1.